The molecule has 0 fully saturated rings. The van der Waals surface area contributed by atoms with Gasteiger partial charge in [-0.25, -0.2) is 4.79 Å². The Morgan fingerprint density at radius 2 is 2.05 bits per heavy atom. The van der Waals surface area contributed by atoms with E-state index in [2.05, 4.69) is 5.32 Å². The Morgan fingerprint density at radius 1 is 1.42 bits per heavy atom. The molecular formula is C12H12Cl2INO3. The van der Waals surface area contributed by atoms with Gasteiger partial charge in [0.05, 0.1) is 10.6 Å². The van der Waals surface area contributed by atoms with E-state index >= 15 is 0 Å². The Kier molecular flexibility index (Phi) is 6.35. The molecule has 1 atom stereocenters. The van der Waals surface area contributed by atoms with Gasteiger partial charge in [-0.15, -0.1) is 0 Å². The van der Waals surface area contributed by atoms with E-state index in [1.165, 1.54) is 12.1 Å². The third-order valence-electron chi connectivity index (χ3n) is 2.42. The summed E-state index contributed by atoms with van der Waals surface area (Å²) in [5.74, 6) is -1.55. The molecule has 0 radical (unpaired) electrons. The van der Waals surface area contributed by atoms with Crippen molar-refractivity contribution in [2.45, 2.75) is 25.8 Å². The summed E-state index contributed by atoms with van der Waals surface area (Å²) in [7, 11) is 0. The van der Waals surface area contributed by atoms with Crippen molar-refractivity contribution in [3.63, 3.8) is 0 Å². The van der Waals surface area contributed by atoms with Crippen LogP contribution >= 0.6 is 45.8 Å². The molecule has 0 aliphatic carbocycles. The minimum atomic E-state index is -1.06. The predicted octanol–water partition coefficient (Wildman–Crippen LogP) is 3.58. The molecule has 4 nitrogen and oxygen atoms in total. The minimum Gasteiger partial charge on any atom is -0.480 e. The SMILES string of the molecule is CCC[C@H](NC(=O)c1cc(Cl)cc(Cl)c1I)C(=O)O. The molecular weight excluding hydrogens is 404 g/mol. The van der Waals surface area contributed by atoms with Gasteiger partial charge in [0.25, 0.3) is 5.91 Å². The number of carboxylic acid groups (broad SMARTS) is 1. The summed E-state index contributed by atoms with van der Waals surface area (Å²) in [6, 6.07) is 2.09. The van der Waals surface area contributed by atoms with Crippen LogP contribution in [0.15, 0.2) is 12.1 Å². The fourth-order valence-electron chi connectivity index (χ4n) is 1.50. The van der Waals surface area contributed by atoms with Crippen LogP contribution in [0.3, 0.4) is 0 Å². The number of nitrogens with one attached hydrogen (secondary N) is 1. The number of aliphatic carboxylic acids is 1. The molecule has 1 aromatic rings. The number of carboxylic acids is 1. The first-order valence-electron chi connectivity index (χ1n) is 5.55. The second kappa shape index (κ2) is 7.31. The number of carbonyl (C=O) groups is 2. The third-order valence-corrected chi connectivity index (χ3v) is 4.42. The Bertz CT molecular complexity index is 508. The van der Waals surface area contributed by atoms with Crippen molar-refractivity contribution in [2.75, 3.05) is 0 Å². The highest BCUT2D eigenvalue weighted by molar-refractivity contribution is 14.1. The number of benzene rings is 1. The molecule has 7 heteroatoms. The summed E-state index contributed by atoms with van der Waals surface area (Å²) in [5, 5.41) is 12.2. The molecule has 19 heavy (non-hydrogen) atoms. The van der Waals surface area contributed by atoms with Gasteiger partial charge in [-0.1, -0.05) is 36.5 Å². The maximum Gasteiger partial charge on any atom is 0.326 e. The van der Waals surface area contributed by atoms with Gasteiger partial charge in [0.2, 0.25) is 0 Å². The number of carbonyl (C=O) groups excluding carboxylic acids is 1. The van der Waals surface area contributed by atoms with Crippen LogP contribution in [0, 0.1) is 3.57 Å². The number of rotatable bonds is 5. The molecule has 0 saturated heterocycles. The Labute approximate surface area is 134 Å². The van der Waals surface area contributed by atoms with Crippen molar-refractivity contribution < 1.29 is 14.7 Å². The predicted molar refractivity (Wildman–Crippen MR) is 83.0 cm³/mol. The maximum absolute atomic E-state index is 12.1. The van der Waals surface area contributed by atoms with Crippen molar-refractivity contribution in [3.05, 3.63) is 31.3 Å². The van der Waals surface area contributed by atoms with Crippen LogP contribution in [-0.4, -0.2) is 23.0 Å². The van der Waals surface area contributed by atoms with Crippen molar-refractivity contribution in [1.29, 1.82) is 0 Å². The lowest BCUT2D eigenvalue weighted by Gasteiger charge is -2.14. The number of hydrogen-bond donors (Lipinski definition) is 2. The molecule has 0 aromatic heterocycles. The quantitative estimate of drug-likeness (QED) is 0.570. The summed E-state index contributed by atoms with van der Waals surface area (Å²) in [4.78, 5) is 23.1. The van der Waals surface area contributed by atoms with E-state index < -0.39 is 17.9 Å². The molecule has 0 saturated carbocycles. The first-order valence-corrected chi connectivity index (χ1v) is 7.38. The smallest absolute Gasteiger partial charge is 0.326 e. The highest BCUT2D eigenvalue weighted by atomic mass is 127. The van der Waals surface area contributed by atoms with Gasteiger partial charge in [0.1, 0.15) is 6.04 Å². The first-order chi connectivity index (χ1) is 8.86. The molecule has 1 amide bonds. The second-order valence-electron chi connectivity index (χ2n) is 3.90. The lowest BCUT2D eigenvalue weighted by atomic mass is 10.1. The molecule has 0 aliphatic heterocycles. The molecule has 0 spiro atoms. The molecule has 0 heterocycles. The lowest BCUT2D eigenvalue weighted by molar-refractivity contribution is -0.139. The van der Waals surface area contributed by atoms with Crippen molar-refractivity contribution in [2.24, 2.45) is 0 Å². The van der Waals surface area contributed by atoms with Gasteiger partial charge in [0.15, 0.2) is 0 Å². The Balaban J connectivity index is 2.97. The van der Waals surface area contributed by atoms with Crippen molar-refractivity contribution in [3.8, 4) is 0 Å². The topological polar surface area (TPSA) is 66.4 Å². The van der Waals surface area contributed by atoms with E-state index in [1.54, 1.807) is 0 Å². The van der Waals surface area contributed by atoms with Gasteiger partial charge in [-0.2, -0.15) is 0 Å². The number of hydrogen-bond acceptors (Lipinski definition) is 2. The van der Waals surface area contributed by atoms with Gasteiger partial charge in [-0.3, -0.25) is 4.79 Å². The van der Waals surface area contributed by atoms with Crippen molar-refractivity contribution in [1.82, 2.24) is 5.32 Å². The van der Waals surface area contributed by atoms with E-state index in [-0.39, 0.29) is 5.56 Å². The van der Waals surface area contributed by atoms with E-state index in [4.69, 9.17) is 28.3 Å². The molecule has 1 rings (SSSR count). The Morgan fingerprint density at radius 3 is 2.58 bits per heavy atom. The largest absolute Gasteiger partial charge is 0.480 e. The van der Waals surface area contributed by atoms with Crippen molar-refractivity contribution >= 4 is 57.7 Å². The molecule has 104 valence electrons. The number of halogens is 3. The zero-order valence-electron chi connectivity index (χ0n) is 10.0. The van der Waals surface area contributed by atoms with Crippen LogP contribution < -0.4 is 5.32 Å². The monoisotopic (exact) mass is 415 g/mol. The van der Waals surface area contributed by atoms with E-state index in [9.17, 15) is 9.59 Å². The molecule has 0 bridgehead atoms. The molecule has 0 aliphatic rings. The van der Waals surface area contributed by atoms with Gasteiger partial charge in [0, 0.05) is 8.59 Å². The summed E-state index contributed by atoms with van der Waals surface area (Å²) < 4.78 is 0.543. The van der Waals surface area contributed by atoms with Crippen LogP contribution in [-0.2, 0) is 4.79 Å². The first kappa shape index (κ1) is 16.5. The van der Waals surface area contributed by atoms with Gasteiger partial charge < -0.3 is 10.4 Å². The standard InChI is InChI=1S/C12H12Cl2INO3/c1-2-3-9(12(18)19)16-11(17)7-4-6(13)5-8(14)10(7)15/h4-5,9H,2-3H2,1H3,(H,16,17)(H,18,19)/t9-/m0/s1. The van der Waals surface area contributed by atoms with Gasteiger partial charge in [-0.05, 0) is 41.1 Å². The summed E-state index contributed by atoms with van der Waals surface area (Å²) in [5.41, 5.74) is 0.278. The molecule has 2 N–H and O–H groups in total. The summed E-state index contributed by atoms with van der Waals surface area (Å²) >= 11 is 13.7. The average molecular weight is 416 g/mol. The van der Waals surface area contributed by atoms with Crippen LogP contribution in [0.4, 0.5) is 0 Å². The summed E-state index contributed by atoms with van der Waals surface area (Å²) in [6.45, 7) is 1.85. The van der Waals surface area contributed by atoms with Gasteiger partial charge >= 0.3 is 5.97 Å². The Hall–Kier alpha value is -0.530. The zero-order valence-corrected chi connectivity index (χ0v) is 13.7. The highest BCUT2D eigenvalue weighted by Gasteiger charge is 2.21. The fourth-order valence-corrected chi connectivity index (χ4v) is 2.55. The molecule has 0 unspecified atom stereocenters. The average Bonchev–Trinajstić information content (AvgIpc) is 2.32. The zero-order chi connectivity index (χ0) is 14.6. The maximum atomic E-state index is 12.1. The lowest BCUT2D eigenvalue weighted by Crippen LogP contribution is -2.40. The van der Waals surface area contributed by atoms with Crippen LogP contribution in [0.25, 0.3) is 0 Å². The van der Waals surface area contributed by atoms with E-state index in [0.717, 1.165) is 0 Å². The van der Waals surface area contributed by atoms with E-state index in [0.29, 0.717) is 26.5 Å². The highest BCUT2D eigenvalue weighted by Crippen LogP contribution is 2.26. The van der Waals surface area contributed by atoms with E-state index in [1.807, 2.05) is 29.5 Å². The van der Waals surface area contributed by atoms with Crippen LogP contribution in [0.5, 0.6) is 0 Å². The van der Waals surface area contributed by atoms with Crippen LogP contribution in [0.1, 0.15) is 30.1 Å². The third kappa shape index (κ3) is 4.50. The molecule has 1 aromatic carbocycles. The summed E-state index contributed by atoms with van der Waals surface area (Å²) in [6.07, 6.45) is 1.02. The minimum absolute atomic E-state index is 0.278. The second-order valence-corrected chi connectivity index (χ2v) is 5.82. The van der Waals surface area contributed by atoms with Crippen LogP contribution in [0.2, 0.25) is 10.0 Å². The fraction of sp³-hybridized carbons (Fsp3) is 0.333. The normalized spacial score (nSPS) is 12.0. The number of amides is 1.